The van der Waals surface area contributed by atoms with Gasteiger partial charge in [0, 0.05) is 24.0 Å². The van der Waals surface area contributed by atoms with Gasteiger partial charge in [-0.25, -0.2) is 0 Å². The van der Waals surface area contributed by atoms with E-state index in [1.165, 1.54) is 6.42 Å². The van der Waals surface area contributed by atoms with Crippen molar-refractivity contribution in [1.29, 1.82) is 0 Å². The van der Waals surface area contributed by atoms with E-state index in [2.05, 4.69) is 5.32 Å². The van der Waals surface area contributed by atoms with Crippen LogP contribution >= 0.6 is 34.8 Å². The van der Waals surface area contributed by atoms with Gasteiger partial charge in [0.25, 0.3) is 0 Å². The van der Waals surface area contributed by atoms with Gasteiger partial charge in [0.15, 0.2) is 0 Å². The molecule has 1 aliphatic rings. The lowest BCUT2D eigenvalue weighted by Gasteiger charge is -2.33. The largest absolute Gasteiger partial charge is 0.352 e. The minimum Gasteiger partial charge on any atom is -0.352 e. The van der Waals surface area contributed by atoms with Crippen LogP contribution in [0, 0.1) is 0 Å². The molecule has 0 radical (unpaired) electrons. The first-order chi connectivity index (χ1) is 17.9. The van der Waals surface area contributed by atoms with Gasteiger partial charge in [0.2, 0.25) is 11.8 Å². The standard InChI is InChI=1S/C30H31Cl3N2O2/c31-24-14-11-22(12-15-24)20-35(29(36)19-23-13-16-26(32)27(33)17-23)28(18-21-7-3-1-4-8-21)30(37)34-25-9-5-2-6-10-25/h1,3-4,7-8,11-17,25,28H,2,5-6,9-10,18-20H2,(H,34,37)/t28-/m0/s1. The predicted octanol–water partition coefficient (Wildman–Crippen LogP) is 7.28. The van der Waals surface area contributed by atoms with Crippen LogP contribution in [0.2, 0.25) is 15.1 Å². The Balaban J connectivity index is 1.65. The summed E-state index contributed by atoms with van der Waals surface area (Å²) in [4.78, 5) is 29.3. The summed E-state index contributed by atoms with van der Waals surface area (Å²) in [6, 6.07) is 21.9. The zero-order valence-corrected chi connectivity index (χ0v) is 22.9. The lowest BCUT2D eigenvalue weighted by molar-refractivity contribution is -0.141. The quantitative estimate of drug-likeness (QED) is 0.301. The first-order valence-electron chi connectivity index (χ1n) is 12.7. The van der Waals surface area contributed by atoms with Crippen molar-refractivity contribution in [2.45, 2.75) is 63.6 Å². The molecular weight excluding hydrogens is 527 g/mol. The fraction of sp³-hybridized carbons (Fsp3) is 0.333. The lowest BCUT2D eigenvalue weighted by Crippen LogP contribution is -2.53. The van der Waals surface area contributed by atoms with E-state index in [9.17, 15) is 9.59 Å². The molecule has 7 heteroatoms. The van der Waals surface area contributed by atoms with Gasteiger partial charge in [-0.2, -0.15) is 0 Å². The molecule has 1 saturated carbocycles. The molecule has 1 atom stereocenters. The third kappa shape index (κ3) is 7.98. The highest BCUT2D eigenvalue weighted by atomic mass is 35.5. The minimum absolute atomic E-state index is 0.104. The van der Waals surface area contributed by atoms with E-state index < -0.39 is 6.04 Å². The fourth-order valence-electron chi connectivity index (χ4n) is 4.81. The van der Waals surface area contributed by atoms with Crippen molar-refractivity contribution >= 4 is 46.6 Å². The van der Waals surface area contributed by atoms with Gasteiger partial charge in [-0.05, 0) is 53.8 Å². The Bertz CT molecular complexity index is 1200. The second-order valence-electron chi connectivity index (χ2n) is 9.62. The third-order valence-electron chi connectivity index (χ3n) is 6.83. The SMILES string of the molecule is O=C(NC1CCCCC1)[C@H](Cc1ccccc1)N(Cc1ccc(Cl)cc1)C(=O)Cc1ccc(Cl)c(Cl)c1. The first kappa shape index (κ1) is 27.5. The molecule has 194 valence electrons. The molecule has 0 saturated heterocycles. The van der Waals surface area contributed by atoms with Gasteiger partial charge in [-0.1, -0.05) is 103 Å². The number of carbonyl (C=O) groups is 2. The number of hydrogen-bond acceptors (Lipinski definition) is 2. The molecule has 0 bridgehead atoms. The number of carbonyl (C=O) groups excluding carboxylic acids is 2. The first-order valence-corrected chi connectivity index (χ1v) is 13.8. The Labute approximate surface area is 233 Å². The molecule has 3 aromatic carbocycles. The number of nitrogens with one attached hydrogen (secondary N) is 1. The molecule has 0 spiro atoms. The molecule has 1 N–H and O–H groups in total. The van der Waals surface area contributed by atoms with Crippen molar-refractivity contribution in [3.63, 3.8) is 0 Å². The van der Waals surface area contributed by atoms with Crippen LogP contribution in [0.5, 0.6) is 0 Å². The summed E-state index contributed by atoms with van der Waals surface area (Å²) in [5, 5.41) is 4.71. The summed E-state index contributed by atoms with van der Waals surface area (Å²) < 4.78 is 0. The van der Waals surface area contributed by atoms with Crippen molar-refractivity contribution < 1.29 is 9.59 Å². The Kier molecular flexibility index (Phi) is 9.90. The average molecular weight is 558 g/mol. The Morgan fingerprint density at radius 2 is 1.49 bits per heavy atom. The second-order valence-corrected chi connectivity index (χ2v) is 10.9. The Morgan fingerprint density at radius 1 is 0.811 bits per heavy atom. The third-order valence-corrected chi connectivity index (χ3v) is 7.82. The maximum atomic E-state index is 13.9. The molecule has 0 heterocycles. The van der Waals surface area contributed by atoms with Gasteiger partial charge in [-0.3, -0.25) is 9.59 Å². The summed E-state index contributed by atoms with van der Waals surface area (Å²) in [6.07, 6.45) is 5.88. The van der Waals surface area contributed by atoms with E-state index >= 15 is 0 Å². The van der Waals surface area contributed by atoms with Crippen molar-refractivity contribution in [1.82, 2.24) is 10.2 Å². The number of amides is 2. The van der Waals surface area contributed by atoms with Gasteiger partial charge in [0.05, 0.1) is 16.5 Å². The Morgan fingerprint density at radius 3 is 2.16 bits per heavy atom. The zero-order valence-electron chi connectivity index (χ0n) is 20.6. The monoisotopic (exact) mass is 556 g/mol. The van der Waals surface area contributed by atoms with Crippen molar-refractivity contribution in [3.8, 4) is 0 Å². The fourth-order valence-corrected chi connectivity index (χ4v) is 5.26. The van der Waals surface area contributed by atoms with Crippen LogP contribution in [0.3, 0.4) is 0 Å². The van der Waals surface area contributed by atoms with Crippen molar-refractivity contribution in [2.75, 3.05) is 0 Å². The van der Waals surface area contributed by atoms with Gasteiger partial charge in [0.1, 0.15) is 6.04 Å². The molecule has 37 heavy (non-hydrogen) atoms. The number of rotatable bonds is 9. The molecule has 1 aliphatic carbocycles. The van der Waals surface area contributed by atoms with Crippen LogP contribution in [0.15, 0.2) is 72.8 Å². The van der Waals surface area contributed by atoms with Gasteiger partial charge in [-0.15, -0.1) is 0 Å². The normalized spacial score (nSPS) is 14.7. The number of benzene rings is 3. The summed E-state index contributed by atoms with van der Waals surface area (Å²) in [7, 11) is 0. The zero-order chi connectivity index (χ0) is 26.2. The summed E-state index contributed by atoms with van der Waals surface area (Å²) in [5.41, 5.74) is 2.64. The van der Waals surface area contributed by atoms with E-state index in [1.807, 2.05) is 42.5 Å². The van der Waals surface area contributed by atoms with Crippen LogP contribution in [-0.2, 0) is 29.0 Å². The molecule has 2 amide bonds. The highest BCUT2D eigenvalue weighted by Gasteiger charge is 2.32. The maximum absolute atomic E-state index is 13.9. The minimum atomic E-state index is -0.671. The van der Waals surface area contributed by atoms with Crippen LogP contribution < -0.4 is 5.32 Å². The summed E-state index contributed by atoms with van der Waals surface area (Å²) in [5.74, 6) is -0.278. The van der Waals surface area contributed by atoms with Crippen molar-refractivity contribution in [3.05, 3.63) is 105 Å². The Hall–Kier alpha value is -2.53. The molecule has 0 unspecified atom stereocenters. The van der Waals surface area contributed by atoms with Crippen LogP contribution in [0.25, 0.3) is 0 Å². The van der Waals surface area contributed by atoms with Gasteiger partial charge >= 0.3 is 0 Å². The highest BCUT2D eigenvalue weighted by Crippen LogP contribution is 2.25. The van der Waals surface area contributed by atoms with E-state index in [1.54, 1.807) is 35.2 Å². The molecule has 1 fully saturated rings. The van der Waals surface area contributed by atoms with E-state index in [4.69, 9.17) is 34.8 Å². The maximum Gasteiger partial charge on any atom is 0.243 e. The molecule has 0 aliphatic heterocycles. The van der Waals surface area contributed by atoms with E-state index in [0.29, 0.717) is 21.5 Å². The van der Waals surface area contributed by atoms with Crippen LogP contribution in [0.4, 0.5) is 0 Å². The number of halogens is 3. The predicted molar refractivity (Wildman–Crippen MR) is 151 cm³/mol. The second kappa shape index (κ2) is 13.3. The average Bonchev–Trinajstić information content (AvgIpc) is 2.90. The topological polar surface area (TPSA) is 49.4 Å². The van der Waals surface area contributed by atoms with Crippen molar-refractivity contribution in [2.24, 2.45) is 0 Å². The van der Waals surface area contributed by atoms with E-state index in [0.717, 1.165) is 42.4 Å². The van der Waals surface area contributed by atoms with E-state index in [-0.39, 0.29) is 30.8 Å². The summed E-state index contributed by atoms with van der Waals surface area (Å²) in [6.45, 7) is 0.285. The van der Waals surface area contributed by atoms with Crippen LogP contribution in [-0.4, -0.2) is 28.8 Å². The molecule has 0 aromatic heterocycles. The van der Waals surface area contributed by atoms with Crippen LogP contribution in [0.1, 0.15) is 48.8 Å². The molecule has 4 rings (SSSR count). The number of hydrogen-bond donors (Lipinski definition) is 1. The lowest BCUT2D eigenvalue weighted by atomic mass is 9.94. The smallest absolute Gasteiger partial charge is 0.243 e. The highest BCUT2D eigenvalue weighted by molar-refractivity contribution is 6.42. The molecule has 4 nitrogen and oxygen atoms in total. The number of nitrogens with zero attached hydrogens (tertiary/aromatic N) is 1. The van der Waals surface area contributed by atoms with Gasteiger partial charge < -0.3 is 10.2 Å². The molecular formula is C30H31Cl3N2O2. The molecule has 3 aromatic rings. The summed E-state index contributed by atoms with van der Waals surface area (Å²) >= 11 is 18.4.